The molecule has 2 heterocycles. The van der Waals surface area contributed by atoms with Gasteiger partial charge in [-0.1, -0.05) is 11.6 Å². The van der Waals surface area contributed by atoms with Crippen molar-refractivity contribution >= 4 is 0 Å². The molecule has 1 aliphatic heterocycles. The van der Waals surface area contributed by atoms with Crippen LogP contribution in [0.2, 0.25) is 0 Å². The number of hydrogen-bond acceptors (Lipinski definition) is 4. The number of piperidine rings is 1. The van der Waals surface area contributed by atoms with Crippen molar-refractivity contribution in [2.45, 2.75) is 25.9 Å². The Morgan fingerprint density at radius 2 is 1.91 bits per heavy atom. The molecule has 4 nitrogen and oxygen atoms in total. The van der Waals surface area contributed by atoms with Gasteiger partial charge in [0.05, 0.1) is 6.61 Å². The molecule has 0 radical (unpaired) electrons. The average molecular weight is 322 g/mol. The highest BCUT2D eigenvalue weighted by Gasteiger charge is 2.11. The fourth-order valence-electron chi connectivity index (χ4n) is 2.72. The Labute approximate surface area is 134 Å². The zero-order chi connectivity index (χ0) is 16.1. The molecule has 1 aromatic carbocycles. The molecule has 1 fully saturated rings. The van der Waals surface area contributed by atoms with Gasteiger partial charge in [0.1, 0.15) is 12.3 Å². The number of aromatic nitrogens is 1. The normalized spacial score (nSPS) is 15.9. The van der Waals surface area contributed by atoms with Gasteiger partial charge in [0.15, 0.2) is 17.4 Å². The molecule has 1 aliphatic rings. The van der Waals surface area contributed by atoms with E-state index in [1.807, 2.05) is 0 Å². The van der Waals surface area contributed by atoms with Crippen LogP contribution in [0, 0.1) is 11.6 Å². The van der Waals surface area contributed by atoms with Crippen molar-refractivity contribution in [3.8, 4) is 11.3 Å². The molecule has 0 spiro atoms. The molecule has 23 heavy (non-hydrogen) atoms. The van der Waals surface area contributed by atoms with Gasteiger partial charge in [0.2, 0.25) is 0 Å². The molecule has 6 heteroatoms. The van der Waals surface area contributed by atoms with Crippen molar-refractivity contribution in [1.29, 1.82) is 0 Å². The number of ether oxygens (including phenoxy) is 1. The third-order valence-corrected chi connectivity index (χ3v) is 4.02. The average Bonchev–Trinajstić information content (AvgIpc) is 3.04. The predicted molar refractivity (Wildman–Crippen MR) is 81.8 cm³/mol. The summed E-state index contributed by atoms with van der Waals surface area (Å²) in [6.45, 7) is 4.17. The number of benzene rings is 1. The summed E-state index contributed by atoms with van der Waals surface area (Å²) in [6.07, 6.45) is 3.85. The van der Waals surface area contributed by atoms with Gasteiger partial charge < -0.3 is 14.2 Å². The topological polar surface area (TPSA) is 38.5 Å². The lowest BCUT2D eigenvalue weighted by molar-refractivity contribution is 0.0733. The minimum atomic E-state index is -0.898. The Balaban J connectivity index is 1.48. The standard InChI is InChI=1S/C17H20F2N2O2/c18-15-5-4-13(10-16(15)19)17-11-14(23-20-17)12-22-9-8-21-6-2-1-3-7-21/h4-5,10-11H,1-3,6-9,12H2. The van der Waals surface area contributed by atoms with E-state index in [4.69, 9.17) is 9.26 Å². The van der Waals surface area contributed by atoms with E-state index in [9.17, 15) is 8.78 Å². The van der Waals surface area contributed by atoms with E-state index < -0.39 is 11.6 Å². The lowest BCUT2D eigenvalue weighted by Gasteiger charge is -2.25. The number of hydrogen-bond donors (Lipinski definition) is 0. The molecule has 1 saturated heterocycles. The second-order valence-electron chi connectivity index (χ2n) is 5.76. The van der Waals surface area contributed by atoms with E-state index >= 15 is 0 Å². The molecule has 0 N–H and O–H groups in total. The Morgan fingerprint density at radius 1 is 1.09 bits per heavy atom. The van der Waals surface area contributed by atoms with Crippen LogP contribution in [0.25, 0.3) is 11.3 Å². The summed E-state index contributed by atoms with van der Waals surface area (Å²) >= 11 is 0. The molecular weight excluding hydrogens is 302 g/mol. The molecule has 1 aromatic heterocycles. The summed E-state index contributed by atoms with van der Waals surface area (Å²) in [4.78, 5) is 2.40. The summed E-state index contributed by atoms with van der Waals surface area (Å²) in [5.41, 5.74) is 0.950. The minimum absolute atomic E-state index is 0.324. The van der Waals surface area contributed by atoms with Gasteiger partial charge in [0, 0.05) is 18.2 Å². The van der Waals surface area contributed by atoms with Gasteiger partial charge in [-0.05, 0) is 44.1 Å². The maximum absolute atomic E-state index is 13.2. The Bertz CT molecular complexity index is 639. The van der Waals surface area contributed by atoms with E-state index in [0.29, 0.717) is 30.2 Å². The van der Waals surface area contributed by atoms with Crippen LogP contribution in [0.15, 0.2) is 28.8 Å². The summed E-state index contributed by atoms with van der Waals surface area (Å²) < 4.78 is 37.0. The predicted octanol–water partition coefficient (Wildman–Crippen LogP) is 3.62. The lowest BCUT2D eigenvalue weighted by atomic mass is 10.1. The second kappa shape index (κ2) is 7.66. The van der Waals surface area contributed by atoms with Crippen molar-refractivity contribution in [2.75, 3.05) is 26.2 Å². The minimum Gasteiger partial charge on any atom is -0.372 e. The number of nitrogens with zero attached hydrogens (tertiary/aromatic N) is 2. The summed E-state index contributed by atoms with van der Waals surface area (Å²) in [5, 5.41) is 3.87. The SMILES string of the molecule is Fc1ccc(-c2cc(COCCN3CCCCC3)on2)cc1F. The van der Waals surface area contributed by atoms with Crippen LogP contribution in [0.1, 0.15) is 25.0 Å². The summed E-state index contributed by atoms with van der Waals surface area (Å²) in [7, 11) is 0. The van der Waals surface area contributed by atoms with E-state index in [1.54, 1.807) is 6.07 Å². The van der Waals surface area contributed by atoms with Gasteiger partial charge in [-0.25, -0.2) is 8.78 Å². The van der Waals surface area contributed by atoms with Crippen LogP contribution < -0.4 is 0 Å². The zero-order valence-corrected chi connectivity index (χ0v) is 12.9. The van der Waals surface area contributed by atoms with Crippen molar-refractivity contribution < 1.29 is 18.0 Å². The van der Waals surface area contributed by atoms with Crippen LogP contribution >= 0.6 is 0 Å². The molecule has 0 atom stereocenters. The van der Waals surface area contributed by atoms with Crippen LogP contribution in [0.3, 0.4) is 0 Å². The fraction of sp³-hybridized carbons (Fsp3) is 0.471. The first-order valence-corrected chi connectivity index (χ1v) is 7.93. The van der Waals surface area contributed by atoms with E-state index in [2.05, 4.69) is 10.1 Å². The third-order valence-electron chi connectivity index (χ3n) is 4.02. The molecular formula is C17H20F2N2O2. The van der Waals surface area contributed by atoms with Gasteiger partial charge in [-0.2, -0.15) is 0 Å². The third kappa shape index (κ3) is 4.36. The first-order chi connectivity index (χ1) is 11.2. The smallest absolute Gasteiger partial charge is 0.163 e. The quantitative estimate of drug-likeness (QED) is 0.761. The molecule has 2 aromatic rings. The van der Waals surface area contributed by atoms with Crippen LogP contribution in [-0.2, 0) is 11.3 Å². The van der Waals surface area contributed by atoms with E-state index in [-0.39, 0.29) is 0 Å². The summed E-state index contributed by atoms with van der Waals surface area (Å²) in [6, 6.07) is 5.34. The molecule has 0 aliphatic carbocycles. The first-order valence-electron chi connectivity index (χ1n) is 7.93. The molecule has 0 bridgehead atoms. The molecule has 0 saturated carbocycles. The highest BCUT2D eigenvalue weighted by atomic mass is 19.2. The van der Waals surface area contributed by atoms with Crippen molar-refractivity contribution in [1.82, 2.24) is 10.1 Å². The van der Waals surface area contributed by atoms with Crippen LogP contribution in [0.4, 0.5) is 8.78 Å². The molecule has 0 unspecified atom stereocenters. The number of halogens is 2. The second-order valence-corrected chi connectivity index (χ2v) is 5.76. The highest BCUT2D eigenvalue weighted by molar-refractivity contribution is 5.58. The lowest BCUT2D eigenvalue weighted by Crippen LogP contribution is -2.32. The van der Waals surface area contributed by atoms with Gasteiger partial charge in [-0.3, -0.25) is 0 Å². The number of rotatable bonds is 6. The first kappa shape index (κ1) is 16.1. The molecule has 0 amide bonds. The monoisotopic (exact) mass is 322 g/mol. The van der Waals surface area contributed by atoms with Gasteiger partial charge >= 0.3 is 0 Å². The summed E-state index contributed by atoms with van der Waals surface area (Å²) in [5.74, 6) is -1.20. The van der Waals surface area contributed by atoms with Crippen LogP contribution in [0.5, 0.6) is 0 Å². The van der Waals surface area contributed by atoms with Crippen molar-refractivity contribution in [3.63, 3.8) is 0 Å². The van der Waals surface area contributed by atoms with Gasteiger partial charge in [-0.15, -0.1) is 0 Å². The fourth-order valence-corrected chi connectivity index (χ4v) is 2.72. The maximum atomic E-state index is 13.2. The van der Waals surface area contributed by atoms with Crippen LogP contribution in [-0.4, -0.2) is 36.3 Å². The highest BCUT2D eigenvalue weighted by Crippen LogP contribution is 2.21. The molecule has 3 rings (SSSR count). The zero-order valence-electron chi connectivity index (χ0n) is 12.9. The Morgan fingerprint density at radius 3 is 2.70 bits per heavy atom. The van der Waals surface area contributed by atoms with Crippen molar-refractivity contribution in [3.05, 3.63) is 41.7 Å². The van der Waals surface area contributed by atoms with E-state index in [0.717, 1.165) is 31.8 Å². The van der Waals surface area contributed by atoms with Crippen molar-refractivity contribution in [2.24, 2.45) is 0 Å². The molecule has 124 valence electrons. The van der Waals surface area contributed by atoms with Gasteiger partial charge in [0.25, 0.3) is 0 Å². The van der Waals surface area contributed by atoms with E-state index in [1.165, 1.54) is 25.3 Å². The Kier molecular flexibility index (Phi) is 5.35. The maximum Gasteiger partial charge on any atom is 0.163 e. The Hall–Kier alpha value is -1.79. The number of likely N-dealkylation sites (tertiary alicyclic amines) is 1. The largest absolute Gasteiger partial charge is 0.372 e.